The second-order valence-corrected chi connectivity index (χ2v) is 5.64. The van der Waals surface area contributed by atoms with Crippen LogP contribution in [-0.2, 0) is 0 Å². The first-order valence-corrected chi connectivity index (χ1v) is 7.28. The number of nitrogens with two attached hydrogens (primary N) is 1. The molecule has 1 saturated carbocycles. The molecule has 0 saturated heterocycles. The molecule has 2 N–H and O–H groups in total. The van der Waals surface area contributed by atoms with E-state index in [1.54, 1.807) is 0 Å². The molecular weight excluding hydrogens is 244 g/mol. The zero-order valence-electron chi connectivity index (χ0n) is 11.1. The van der Waals surface area contributed by atoms with E-state index in [-0.39, 0.29) is 6.04 Å². The molecule has 1 aromatic rings. The topological polar surface area (TPSA) is 29.3 Å². The van der Waals surface area contributed by atoms with Gasteiger partial charge >= 0.3 is 0 Å². The maximum absolute atomic E-state index is 6.30. The van der Waals surface area contributed by atoms with Crippen molar-refractivity contribution in [2.75, 3.05) is 13.6 Å². The predicted molar refractivity (Wildman–Crippen MR) is 77.9 cm³/mol. The van der Waals surface area contributed by atoms with Gasteiger partial charge in [-0.15, -0.1) is 0 Å². The van der Waals surface area contributed by atoms with Crippen molar-refractivity contribution in [2.24, 2.45) is 5.73 Å². The molecule has 0 spiro atoms. The molecule has 1 aliphatic rings. The summed E-state index contributed by atoms with van der Waals surface area (Å²) in [5, 5.41) is 0.829. The SMILES string of the molecule is CN(C1CCCCC1)C(CN)c1ccccc1Cl. The Hall–Kier alpha value is -0.570. The lowest BCUT2D eigenvalue weighted by atomic mass is 9.92. The van der Waals surface area contributed by atoms with E-state index in [1.165, 1.54) is 32.1 Å². The maximum atomic E-state index is 6.30. The Kier molecular flexibility index (Phi) is 5.04. The first kappa shape index (κ1) is 13.9. The van der Waals surface area contributed by atoms with E-state index in [2.05, 4.69) is 18.0 Å². The van der Waals surface area contributed by atoms with E-state index in [0.717, 1.165) is 10.6 Å². The second-order valence-electron chi connectivity index (χ2n) is 5.23. The minimum Gasteiger partial charge on any atom is -0.329 e. The van der Waals surface area contributed by atoms with E-state index >= 15 is 0 Å². The Labute approximate surface area is 115 Å². The molecule has 0 amide bonds. The van der Waals surface area contributed by atoms with E-state index in [1.807, 2.05) is 18.2 Å². The van der Waals surface area contributed by atoms with Gasteiger partial charge in [-0.05, 0) is 31.5 Å². The smallest absolute Gasteiger partial charge is 0.0485 e. The van der Waals surface area contributed by atoms with Crippen LogP contribution < -0.4 is 5.73 Å². The summed E-state index contributed by atoms with van der Waals surface area (Å²) in [4.78, 5) is 2.43. The summed E-state index contributed by atoms with van der Waals surface area (Å²) in [5.41, 5.74) is 7.14. The summed E-state index contributed by atoms with van der Waals surface area (Å²) in [6.45, 7) is 0.622. The van der Waals surface area contributed by atoms with Crippen LogP contribution in [0.1, 0.15) is 43.7 Å². The average molecular weight is 267 g/mol. The summed E-state index contributed by atoms with van der Waals surface area (Å²) < 4.78 is 0. The van der Waals surface area contributed by atoms with Gasteiger partial charge in [0.25, 0.3) is 0 Å². The third-order valence-electron chi connectivity index (χ3n) is 4.13. The van der Waals surface area contributed by atoms with Gasteiger partial charge in [-0.1, -0.05) is 49.1 Å². The van der Waals surface area contributed by atoms with Crippen molar-refractivity contribution >= 4 is 11.6 Å². The molecule has 3 heteroatoms. The molecule has 0 bridgehead atoms. The molecule has 2 nitrogen and oxygen atoms in total. The molecule has 0 radical (unpaired) electrons. The number of rotatable bonds is 4. The number of nitrogens with zero attached hydrogens (tertiary/aromatic N) is 1. The average Bonchev–Trinajstić information content (AvgIpc) is 2.42. The molecule has 1 unspecified atom stereocenters. The molecule has 1 aromatic carbocycles. The maximum Gasteiger partial charge on any atom is 0.0485 e. The van der Waals surface area contributed by atoms with Gasteiger partial charge in [0.2, 0.25) is 0 Å². The number of benzene rings is 1. The van der Waals surface area contributed by atoms with Gasteiger partial charge in [-0.3, -0.25) is 4.90 Å². The molecule has 18 heavy (non-hydrogen) atoms. The van der Waals surface area contributed by atoms with Crippen molar-refractivity contribution in [3.8, 4) is 0 Å². The van der Waals surface area contributed by atoms with Crippen LogP contribution in [0.15, 0.2) is 24.3 Å². The van der Waals surface area contributed by atoms with Gasteiger partial charge in [-0.2, -0.15) is 0 Å². The van der Waals surface area contributed by atoms with E-state index < -0.39 is 0 Å². The Morgan fingerprint density at radius 1 is 1.28 bits per heavy atom. The van der Waals surface area contributed by atoms with Crippen molar-refractivity contribution in [2.45, 2.75) is 44.2 Å². The normalized spacial score (nSPS) is 19.1. The van der Waals surface area contributed by atoms with Crippen LogP contribution in [0.2, 0.25) is 5.02 Å². The summed E-state index contributed by atoms with van der Waals surface area (Å²) in [6.07, 6.45) is 6.64. The summed E-state index contributed by atoms with van der Waals surface area (Å²) in [7, 11) is 2.19. The minimum absolute atomic E-state index is 0.238. The molecular formula is C15H23ClN2. The fraction of sp³-hybridized carbons (Fsp3) is 0.600. The largest absolute Gasteiger partial charge is 0.329 e. The molecule has 0 aliphatic heterocycles. The van der Waals surface area contributed by atoms with Gasteiger partial charge in [0.1, 0.15) is 0 Å². The fourth-order valence-corrected chi connectivity index (χ4v) is 3.26. The highest BCUT2D eigenvalue weighted by Crippen LogP contribution is 2.31. The predicted octanol–water partition coefficient (Wildman–Crippen LogP) is 3.60. The Balaban J connectivity index is 2.14. The van der Waals surface area contributed by atoms with Crippen LogP contribution in [0.25, 0.3) is 0 Å². The van der Waals surface area contributed by atoms with Crippen LogP contribution in [0.5, 0.6) is 0 Å². The zero-order chi connectivity index (χ0) is 13.0. The van der Waals surface area contributed by atoms with Gasteiger partial charge in [0.15, 0.2) is 0 Å². The van der Waals surface area contributed by atoms with Crippen LogP contribution >= 0.6 is 11.6 Å². The second kappa shape index (κ2) is 6.55. The summed E-state index contributed by atoms with van der Waals surface area (Å²) in [6, 6.07) is 8.96. The van der Waals surface area contributed by atoms with Gasteiger partial charge < -0.3 is 5.73 Å². The molecule has 0 heterocycles. The minimum atomic E-state index is 0.238. The highest BCUT2D eigenvalue weighted by Gasteiger charge is 2.25. The molecule has 100 valence electrons. The van der Waals surface area contributed by atoms with Gasteiger partial charge in [-0.25, -0.2) is 0 Å². The van der Waals surface area contributed by atoms with Crippen molar-refractivity contribution in [1.29, 1.82) is 0 Å². The van der Waals surface area contributed by atoms with Crippen LogP contribution in [0.4, 0.5) is 0 Å². The van der Waals surface area contributed by atoms with E-state index in [9.17, 15) is 0 Å². The third-order valence-corrected chi connectivity index (χ3v) is 4.47. The molecule has 2 rings (SSSR count). The number of likely N-dealkylation sites (N-methyl/N-ethyl adjacent to an activating group) is 1. The van der Waals surface area contributed by atoms with Crippen molar-refractivity contribution in [3.63, 3.8) is 0 Å². The van der Waals surface area contributed by atoms with Crippen molar-refractivity contribution in [3.05, 3.63) is 34.9 Å². The summed E-state index contributed by atoms with van der Waals surface area (Å²) in [5.74, 6) is 0. The van der Waals surface area contributed by atoms with Crippen LogP contribution in [0, 0.1) is 0 Å². The quantitative estimate of drug-likeness (QED) is 0.902. The van der Waals surface area contributed by atoms with Crippen LogP contribution in [-0.4, -0.2) is 24.5 Å². The number of halogens is 1. The number of hydrogen-bond acceptors (Lipinski definition) is 2. The zero-order valence-corrected chi connectivity index (χ0v) is 11.9. The number of hydrogen-bond donors (Lipinski definition) is 1. The lowest BCUT2D eigenvalue weighted by molar-refractivity contribution is 0.141. The van der Waals surface area contributed by atoms with E-state index in [0.29, 0.717) is 12.6 Å². The first-order chi connectivity index (χ1) is 8.74. The van der Waals surface area contributed by atoms with E-state index in [4.69, 9.17) is 17.3 Å². The summed E-state index contributed by atoms with van der Waals surface area (Å²) >= 11 is 6.30. The molecule has 1 aliphatic carbocycles. The van der Waals surface area contributed by atoms with Gasteiger partial charge in [0.05, 0.1) is 0 Å². The molecule has 1 atom stereocenters. The van der Waals surface area contributed by atoms with Crippen molar-refractivity contribution < 1.29 is 0 Å². The first-order valence-electron chi connectivity index (χ1n) is 6.90. The highest BCUT2D eigenvalue weighted by molar-refractivity contribution is 6.31. The molecule has 1 fully saturated rings. The van der Waals surface area contributed by atoms with Crippen molar-refractivity contribution in [1.82, 2.24) is 4.90 Å². The highest BCUT2D eigenvalue weighted by atomic mass is 35.5. The lowest BCUT2D eigenvalue weighted by Crippen LogP contribution is -2.39. The fourth-order valence-electron chi connectivity index (χ4n) is 3.00. The van der Waals surface area contributed by atoms with Crippen LogP contribution in [0.3, 0.4) is 0 Å². The monoisotopic (exact) mass is 266 g/mol. The molecule has 0 aromatic heterocycles. The standard InChI is InChI=1S/C15H23ClN2/c1-18(12-7-3-2-4-8-12)15(11-17)13-9-5-6-10-14(13)16/h5-6,9-10,12,15H,2-4,7-8,11,17H2,1H3. The lowest BCUT2D eigenvalue weighted by Gasteiger charge is -2.37. The Morgan fingerprint density at radius 3 is 2.56 bits per heavy atom. The van der Waals surface area contributed by atoms with Gasteiger partial charge in [0, 0.05) is 23.7 Å². The third kappa shape index (κ3) is 3.05. The Morgan fingerprint density at radius 2 is 1.94 bits per heavy atom. The Bertz CT molecular complexity index is 375.